The van der Waals surface area contributed by atoms with Gasteiger partial charge in [-0.3, -0.25) is 0 Å². The van der Waals surface area contributed by atoms with Gasteiger partial charge in [0.1, 0.15) is 5.84 Å². The third kappa shape index (κ3) is 4.08. The van der Waals surface area contributed by atoms with Crippen molar-refractivity contribution in [3.8, 4) is 0 Å². The number of amidine groups is 1. The zero-order chi connectivity index (χ0) is 11.1. The molecule has 1 fully saturated rings. The summed E-state index contributed by atoms with van der Waals surface area (Å²) in [5.74, 6) is 0.337. The highest BCUT2D eigenvalue weighted by Gasteiger charge is 2.19. The first-order valence-corrected chi connectivity index (χ1v) is 5.98. The van der Waals surface area contributed by atoms with Crippen molar-refractivity contribution >= 4 is 5.84 Å². The second kappa shape index (κ2) is 6.67. The maximum atomic E-state index is 8.48. The summed E-state index contributed by atoms with van der Waals surface area (Å²) >= 11 is 0. The normalized spacial score (nSPS) is 19.7. The van der Waals surface area contributed by atoms with Gasteiger partial charge in [-0.2, -0.15) is 0 Å². The van der Waals surface area contributed by atoms with Crippen LogP contribution in [-0.2, 0) is 0 Å². The first kappa shape index (κ1) is 12.3. The summed E-state index contributed by atoms with van der Waals surface area (Å²) < 4.78 is 0. The summed E-state index contributed by atoms with van der Waals surface area (Å²) in [6, 6.07) is 0.718. The van der Waals surface area contributed by atoms with E-state index in [1.54, 1.807) is 0 Å². The molecule has 0 aromatic heterocycles. The average Bonchev–Trinajstić information content (AvgIpc) is 2.31. The average molecular weight is 213 g/mol. The van der Waals surface area contributed by atoms with Gasteiger partial charge in [0, 0.05) is 19.0 Å². The van der Waals surface area contributed by atoms with Gasteiger partial charge in [-0.15, -0.1) is 0 Å². The quantitative estimate of drug-likeness (QED) is 0.317. The van der Waals surface area contributed by atoms with Crippen molar-refractivity contribution in [1.82, 2.24) is 4.90 Å². The molecule has 1 aliphatic carbocycles. The van der Waals surface area contributed by atoms with E-state index in [-0.39, 0.29) is 0 Å². The molecular formula is C11H23N3O. The van der Waals surface area contributed by atoms with Crippen LogP contribution in [0.5, 0.6) is 0 Å². The smallest absolute Gasteiger partial charge is 0.140 e. The summed E-state index contributed by atoms with van der Waals surface area (Å²) in [7, 11) is 0. The second-order valence-corrected chi connectivity index (χ2v) is 4.26. The van der Waals surface area contributed by atoms with E-state index in [1.165, 1.54) is 32.1 Å². The first-order chi connectivity index (χ1) is 7.27. The molecule has 88 valence electrons. The second-order valence-electron chi connectivity index (χ2n) is 4.26. The summed E-state index contributed by atoms with van der Waals surface area (Å²) in [6.45, 7) is 4.15. The molecular weight excluding hydrogens is 190 g/mol. The summed E-state index contributed by atoms with van der Waals surface area (Å²) in [6.07, 6.45) is 7.37. The molecule has 0 saturated heterocycles. The van der Waals surface area contributed by atoms with Gasteiger partial charge < -0.3 is 15.8 Å². The molecule has 0 aromatic rings. The van der Waals surface area contributed by atoms with Crippen molar-refractivity contribution in [2.75, 3.05) is 13.1 Å². The van der Waals surface area contributed by atoms with Crippen molar-refractivity contribution < 1.29 is 5.21 Å². The molecule has 15 heavy (non-hydrogen) atoms. The number of nitrogens with zero attached hydrogens (tertiary/aromatic N) is 2. The van der Waals surface area contributed by atoms with Gasteiger partial charge in [-0.25, -0.2) is 0 Å². The predicted octanol–water partition coefficient (Wildman–Crippen LogP) is 1.78. The van der Waals surface area contributed by atoms with E-state index < -0.39 is 0 Å². The highest BCUT2D eigenvalue weighted by molar-refractivity contribution is 5.79. The van der Waals surface area contributed by atoms with Gasteiger partial charge in [0.15, 0.2) is 0 Å². The Kier molecular flexibility index (Phi) is 5.47. The topological polar surface area (TPSA) is 61.8 Å². The van der Waals surface area contributed by atoms with Crippen LogP contribution >= 0.6 is 0 Å². The fourth-order valence-electron chi connectivity index (χ4n) is 2.35. The Bertz CT molecular complexity index is 200. The van der Waals surface area contributed by atoms with Crippen molar-refractivity contribution in [2.24, 2.45) is 10.9 Å². The maximum absolute atomic E-state index is 8.48. The first-order valence-electron chi connectivity index (χ1n) is 5.98. The molecule has 4 heteroatoms. The van der Waals surface area contributed by atoms with E-state index in [4.69, 9.17) is 10.9 Å². The number of nitrogens with two attached hydrogens (primary N) is 1. The van der Waals surface area contributed by atoms with E-state index >= 15 is 0 Å². The Morgan fingerprint density at radius 3 is 2.60 bits per heavy atom. The Morgan fingerprint density at radius 1 is 1.40 bits per heavy atom. The highest BCUT2D eigenvalue weighted by atomic mass is 16.4. The van der Waals surface area contributed by atoms with Crippen LogP contribution in [0.1, 0.15) is 45.4 Å². The minimum Gasteiger partial charge on any atom is -0.409 e. The van der Waals surface area contributed by atoms with Gasteiger partial charge in [0.05, 0.1) is 0 Å². The van der Waals surface area contributed by atoms with E-state index in [1.807, 2.05) is 0 Å². The summed E-state index contributed by atoms with van der Waals surface area (Å²) in [5.41, 5.74) is 5.48. The lowest BCUT2D eigenvalue weighted by molar-refractivity contribution is 0.167. The molecule has 0 radical (unpaired) electrons. The molecule has 0 heterocycles. The molecule has 0 atom stereocenters. The maximum Gasteiger partial charge on any atom is 0.140 e. The zero-order valence-corrected chi connectivity index (χ0v) is 9.65. The molecule has 0 aromatic carbocycles. The largest absolute Gasteiger partial charge is 0.409 e. The standard InChI is InChI=1S/C11H23N3O/c1-2-14(9-8-11(12)13-15)10-6-4-3-5-7-10/h10,15H,2-9H2,1H3,(H2,12,13). The zero-order valence-electron chi connectivity index (χ0n) is 9.65. The molecule has 0 spiro atoms. The lowest BCUT2D eigenvalue weighted by Gasteiger charge is -2.33. The van der Waals surface area contributed by atoms with Crippen LogP contribution in [0.4, 0.5) is 0 Å². The molecule has 1 aliphatic rings. The minimum absolute atomic E-state index is 0.337. The molecule has 0 amide bonds. The van der Waals surface area contributed by atoms with Gasteiger partial charge in [0.2, 0.25) is 0 Å². The number of oxime groups is 1. The molecule has 1 saturated carbocycles. The van der Waals surface area contributed by atoms with Crippen LogP contribution in [-0.4, -0.2) is 35.1 Å². The number of hydrogen-bond acceptors (Lipinski definition) is 3. The molecule has 0 unspecified atom stereocenters. The van der Waals surface area contributed by atoms with Crippen LogP contribution in [0.3, 0.4) is 0 Å². The van der Waals surface area contributed by atoms with Crippen LogP contribution < -0.4 is 5.73 Å². The third-order valence-electron chi connectivity index (χ3n) is 3.28. The number of rotatable bonds is 5. The Hall–Kier alpha value is -0.770. The van der Waals surface area contributed by atoms with Gasteiger partial charge >= 0.3 is 0 Å². The van der Waals surface area contributed by atoms with Crippen LogP contribution in [0.15, 0.2) is 5.16 Å². The van der Waals surface area contributed by atoms with Gasteiger partial charge in [0.25, 0.3) is 0 Å². The third-order valence-corrected chi connectivity index (χ3v) is 3.28. The van der Waals surface area contributed by atoms with E-state index in [9.17, 15) is 0 Å². The monoisotopic (exact) mass is 213 g/mol. The van der Waals surface area contributed by atoms with E-state index in [2.05, 4.69) is 17.0 Å². The molecule has 0 bridgehead atoms. The van der Waals surface area contributed by atoms with Gasteiger partial charge in [-0.1, -0.05) is 31.3 Å². The summed E-state index contributed by atoms with van der Waals surface area (Å²) in [5, 5.41) is 11.5. The highest BCUT2D eigenvalue weighted by Crippen LogP contribution is 2.22. The molecule has 3 N–H and O–H groups in total. The van der Waals surface area contributed by atoms with Crippen LogP contribution in [0, 0.1) is 0 Å². The fourth-order valence-corrected chi connectivity index (χ4v) is 2.35. The van der Waals surface area contributed by atoms with Crippen molar-refractivity contribution in [3.63, 3.8) is 0 Å². The molecule has 1 rings (SSSR count). The van der Waals surface area contributed by atoms with E-state index in [0.29, 0.717) is 12.3 Å². The van der Waals surface area contributed by atoms with Gasteiger partial charge in [-0.05, 0) is 19.4 Å². The lowest BCUT2D eigenvalue weighted by atomic mass is 9.94. The predicted molar refractivity (Wildman–Crippen MR) is 62.1 cm³/mol. The number of hydrogen-bond donors (Lipinski definition) is 2. The molecule has 4 nitrogen and oxygen atoms in total. The van der Waals surface area contributed by atoms with E-state index in [0.717, 1.165) is 19.1 Å². The fraction of sp³-hybridized carbons (Fsp3) is 0.909. The SMILES string of the molecule is CCN(CC/C(N)=N/O)C1CCCCC1. The Balaban J connectivity index is 2.33. The van der Waals surface area contributed by atoms with Crippen molar-refractivity contribution in [2.45, 2.75) is 51.5 Å². The van der Waals surface area contributed by atoms with Crippen LogP contribution in [0.25, 0.3) is 0 Å². The Morgan fingerprint density at radius 2 is 2.07 bits per heavy atom. The van der Waals surface area contributed by atoms with Crippen molar-refractivity contribution in [1.29, 1.82) is 0 Å². The Labute approximate surface area is 92.1 Å². The van der Waals surface area contributed by atoms with Crippen molar-refractivity contribution in [3.05, 3.63) is 0 Å². The molecule has 0 aliphatic heterocycles. The summed E-state index contributed by atoms with van der Waals surface area (Å²) in [4.78, 5) is 2.46. The van der Waals surface area contributed by atoms with Crippen LogP contribution in [0.2, 0.25) is 0 Å². The lowest BCUT2D eigenvalue weighted by Crippen LogP contribution is -2.38. The minimum atomic E-state index is 0.337.